The molecule has 0 spiro atoms. The summed E-state index contributed by atoms with van der Waals surface area (Å²) in [4.78, 5) is 0. The molecule has 0 aromatic heterocycles. The molecule has 3 radical (unpaired) electrons. The van der Waals surface area contributed by atoms with E-state index in [1.54, 1.807) is 0 Å². The van der Waals surface area contributed by atoms with Gasteiger partial charge in [-0.2, -0.15) is 0 Å². The number of aliphatic hydroxyl groups excluding tert-OH is 1. The Morgan fingerprint density at radius 3 is 2.36 bits per heavy atom. The van der Waals surface area contributed by atoms with Crippen LogP contribution in [0, 0.1) is 5.41 Å². The monoisotopic (exact) mass is 322 g/mol. The topological polar surface area (TPSA) is 44.1 Å². The summed E-state index contributed by atoms with van der Waals surface area (Å²) in [5.74, 6) is 0. The Morgan fingerprint density at radius 1 is 1.64 bits per heavy atom. The zero-order valence-corrected chi connectivity index (χ0v) is 10.7. The molecule has 0 fully saturated rings. The van der Waals surface area contributed by atoms with Gasteiger partial charge in [-0.25, -0.2) is 0 Å². The number of hydrogen-bond acceptors (Lipinski definition) is 2. The van der Waals surface area contributed by atoms with Crippen molar-refractivity contribution in [1.82, 2.24) is 0 Å². The van der Waals surface area contributed by atoms with E-state index in [1.165, 1.54) is 0 Å². The number of halogens is 3. The number of rotatable bonds is 4. The van der Waals surface area contributed by atoms with E-state index in [0.29, 0.717) is 0 Å². The number of nitrogens with one attached hydrogen (secondary N) is 1. The zero-order valence-electron chi connectivity index (χ0n) is 5.57. The van der Waals surface area contributed by atoms with E-state index >= 15 is 0 Å². The van der Waals surface area contributed by atoms with Crippen molar-refractivity contribution in [3.63, 3.8) is 0 Å². The molecular formula is C5H7Cl3NOSn. The molecular weight excluding hydrogens is 315 g/mol. The predicted octanol–water partition coefficient (Wildman–Crippen LogP) is 1.30. The summed E-state index contributed by atoms with van der Waals surface area (Å²) in [6, 6.07) is 0. The molecule has 63 valence electrons. The Morgan fingerprint density at radius 2 is 2.09 bits per heavy atom. The Labute approximate surface area is 93.8 Å². The predicted molar refractivity (Wildman–Crippen MR) is 49.3 cm³/mol. The van der Waals surface area contributed by atoms with E-state index in [4.69, 9.17) is 45.3 Å². The summed E-state index contributed by atoms with van der Waals surface area (Å²) >= 11 is 17.9. The van der Waals surface area contributed by atoms with Crippen molar-refractivity contribution >= 4 is 63.0 Å². The fraction of sp³-hybridized carbons (Fsp3) is 0.800. The summed E-state index contributed by atoms with van der Waals surface area (Å²) in [7, 11) is 0. The van der Waals surface area contributed by atoms with Crippen molar-refractivity contribution in [2.45, 2.75) is 14.1 Å². The van der Waals surface area contributed by atoms with Crippen LogP contribution in [0.15, 0.2) is 0 Å². The average molecular weight is 322 g/mol. The van der Waals surface area contributed by atoms with Gasteiger partial charge in [0.25, 0.3) is 0 Å². The molecule has 1 unspecified atom stereocenters. The van der Waals surface area contributed by atoms with Crippen LogP contribution in [-0.2, 0) is 0 Å². The molecule has 0 aliphatic carbocycles. The molecule has 0 rings (SSSR count). The normalized spacial score (nSPS) is 14.6. The molecule has 2 N–H and O–H groups in total. The summed E-state index contributed by atoms with van der Waals surface area (Å²) in [6.45, 7) is -0.0952. The van der Waals surface area contributed by atoms with Gasteiger partial charge < -0.3 is 0 Å². The van der Waals surface area contributed by atoms with Crippen LogP contribution >= 0.6 is 34.8 Å². The summed E-state index contributed by atoms with van der Waals surface area (Å²) < 4.78 is -1.06. The second kappa shape index (κ2) is 5.12. The minimum absolute atomic E-state index is 0.0952. The van der Waals surface area contributed by atoms with Crippen LogP contribution in [0.1, 0.15) is 6.42 Å². The van der Waals surface area contributed by atoms with Crippen LogP contribution in [0.4, 0.5) is 0 Å². The van der Waals surface area contributed by atoms with Crippen molar-refractivity contribution in [2.24, 2.45) is 0 Å². The first kappa shape index (κ1) is 12.3. The van der Waals surface area contributed by atoms with Crippen molar-refractivity contribution in [3.05, 3.63) is 0 Å². The SMILES string of the molecule is N=C(CCO)C(Cl)[C](Cl)(Cl)[Sn]. The molecule has 0 bridgehead atoms. The Kier molecular flexibility index (Phi) is 5.72. The fourth-order valence-corrected chi connectivity index (χ4v) is 1.34. The Hall–Kier alpha value is 1.30. The van der Waals surface area contributed by atoms with Gasteiger partial charge in [0.1, 0.15) is 0 Å². The van der Waals surface area contributed by atoms with Gasteiger partial charge in [0.2, 0.25) is 0 Å². The van der Waals surface area contributed by atoms with E-state index in [2.05, 4.69) is 0 Å². The van der Waals surface area contributed by atoms with E-state index in [1.807, 2.05) is 0 Å². The van der Waals surface area contributed by atoms with E-state index in [-0.39, 0.29) is 18.7 Å². The van der Waals surface area contributed by atoms with E-state index in [0.717, 1.165) is 22.5 Å². The van der Waals surface area contributed by atoms with Gasteiger partial charge in [-0.05, 0) is 0 Å². The van der Waals surface area contributed by atoms with Crippen LogP contribution in [0.5, 0.6) is 0 Å². The maximum atomic E-state index is 8.47. The third-order valence-electron chi connectivity index (χ3n) is 1.01. The third kappa shape index (κ3) is 4.78. The van der Waals surface area contributed by atoms with Crippen molar-refractivity contribution in [2.75, 3.05) is 6.61 Å². The first-order valence-electron chi connectivity index (χ1n) is 2.84. The third-order valence-corrected chi connectivity index (χ3v) is 3.60. The molecule has 6 heteroatoms. The van der Waals surface area contributed by atoms with Gasteiger partial charge in [-0.15, -0.1) is 0 Å². The van der Waals surface area contributed by atoms with Crippen molar-refractivity contribution in [3.8, 4) is 0 Å². The maximum absolute atomic E-state index is 8.47. The summed E-state index contributed by atoms with van der Waals surface area (Å²) in [5, 5.41) is 15.1. The van der Waals surface area contributed by atoms with Crippen LogP contribution < -0.4 is 0 Å². The average Bonchev–Trinajstić information content (AvgIpc) is 1.85. The van der Waals surface area contributed by atoms with Crippen molar-refractivity contribution < 1.29 is 5.11 Å². The molecule has 0 amide bonds. The van der Waals surface area contributed by atoms with Gasteiger partial charge in [-0.1, -0.05) is 0 Å². The standard InChI is InChI=1S/C5H7Cl3NO.Sn/c6-4(5(7)8)3(9)1-2-10;/h4,9-10H,1-2H2;. The molecule has 0 saturated carbocycles. The van der Waals surface area contributed by atoms with Gasteiger partial charge in [0, 0.05) is 0 Å². The number of hydrogen-bond donors (Lipinski definition) is 2. The second-order valence-electron chi connectivity index (χ2n) is 1.98. The molecule has 2 nitrogen and oxygen atoms in total. The quantitative estimate of drug-likeness (QED) is 0.457. The van der Waals surface area contributed by atoms with Gasteiger partial charge in [0.05, 0.1) is 0 Å². The molecule has 11 heavy (non-hydrogen) atoms. The fourth-order valence-electron chi connectivity index (χ4n) is 0.466. The minimum atomic E-state index is -1.06. The second-order valence-corrected chi connectivity index (χ2v) is 7.87. The van der Waals surface area contributed by atoms with Gasteiger partial charge in [-0.3, -0.25) is 0 Å². The van der Waals surface area contributed by atoms with E-state index < -0.39 is 7.73 Å². The first-order valence-corrected chi connectivity index (χ1v) is 5.46. The summed E-state index contributed by atoms with van der Waals surface area (Å²) in [5.41, 5.74) is 0.177. The summed E-state index contributed by atoms with van der Waals surface area (Å²) in [6.07, 6.45) is 0.226. The van der Waals surface area contributed by atoms with Gasteiger partial charge >= 0.3 is 94.3 Å². The number of alkyl halides is 3. The molecule has 0 heterocycles. The molecule has 0 aliphatic heterocycles. The molecule has 0 aliphatic rings. The van der Waals surface area contributed by atoms with E-state index in [9.17, 15) is 0 Å². The zero-order chi connectivity index (χ0) is 9.07. The number of aliphatic hydroxyl groups is 1. The van der Waals surface area contributed by atoms with Crippen LogP contribution in [0.3, 0.4) is 0 Å². The Bertz CT molecular complexity index is 147. The molecule has 0 aromatic carbocycles. The first-order chi connectivity index (χ1) is 4.89. The molecule has 0 saturated heterocycles. The van der Waals surface area contributed by atoms with Crippen LogP contribution in [0.2, 0.25) is 0 Å². The van der Waals surface area contributed by atoms with Crippen LogP contribution in [-0.4, -0.2) is 47.7 Å². The molecule has 1 atom stereocenters. The Balaban J connectivity index is 4.03. The van der Waals surface area contributed by atoms with Gasteiger partial charge in [0.15, 0.2) is 0 Å². The van der Waals surface area contributed by atoms with Crippen LogP contribution in [0.25, 0.3) is 0 Å². The molecule has 0 aromatic rings. The van der Waals surface area contributed by atoms with Crippen molar-refractivity contribution in [1.29, 1.82) is 5.41 Å².